The third-order valence-corrected chi connectivity index (χ3v) is 5.05. The number of H-pyrrole nitrogens is 1. The summed E-state index contributed by atoms with van der Waals surface area (Å²) in [6.45, 7) is 1.92. The molecule has 0 amide bonds. The van der Waals surface area contributed by atoms with Crippen molar-refractivity contribution in [1.29, 1.82) is 0 Å². The Morgan fingerprint density at radius 3 is 2.73 bits per heavy atom. The van der Waals surface area contributed by atoms with Crippen molar-refractivity contribution in [3.8, 4) is 5.69 Å². The van der Waals surface area contributed by atoms with Gasteiger partial charge in [0, 0.05) is 11.4 Å². The number of nitrogens with zero attached hydrogens (tertiary/aromatic N) is 4. The lowest BCUT2D eigenvalue weighted by Gasteiger charge is -2.21. The fourth-order valence-corrected chi connectivity index (χ4v) is 3.65. The predicted octanol–water partition coefficient (Wildman–Crippen LogP) is 3.97. The molecule has 0 fully saturated rings. The summed E-state index contributed by atoms with van der Waals surface area (Å²) in [7, 11) is 0. The van der Waals surface area contributed by atoms with Gasteiger partial charge in [-0.15, -0.1) is 0 Å². The Morgan fingerprint density at radius 1 is 1.07 bits per heavy atom. The summed E-state index contributed by atoms with van der Waals surface area (Å²) < 4.78 is 16.0. The average Bonchev–Trinajstić information content (AvgIpc) is 3.24. The predicted molar refractivity (Wildman–Crippen MR) is 113 cm³/mol. The molecule has 0 radical (unpaired) electrons. The van der Waals surface area contributed by atoms with Crippen molar-refractivity contribution in [3.63, 3.8) is 0 Å². The molecule has 3 heterocycles. The topological polar surface area (TPSA) is 88.5 Å². The second-order valence-electron chi connectivity index (χ2n) is 6.94. The molecule has 5 rings (SSSR count). The number of imidazole rings is 1. The van der Waals surface area contributed by atoms with Crippen molar-refractivity contribution in [3.05, 3.63) is 89.1 Å². The maximum absolute atomic E-state index is 14.5. The molecule has 7 nitrogen and oxygen atoms in total. The summed E-state index contributed by atoms with van der Waals surface area (Å²) in [5.74, 6) is 0.00326. The number of anilines is 1. The molecule has 2 N–H and O–H groups in total. The molecular weight excluding hydrogens is 383 g/mol. The highest BCUT2D eigenvalue weighted by molar-refractivity contribution is 5.84. The summed E-state index contributed by atoms with van der Waals surface area (Å²) in [4.78, 5) is 29.0. The first kappa shape index (κ1) is 18.0. The first-order valence-electron chi connectivity index (χ1n) is 9.43. The number of aromatic amines is 1. The van der Waals surface area contributed by atoms with Crippen LogP contribution in [0.25, 0.3) is 27.6 Å². The maximum Gasteiger partial charge on any atom is 0.266 e. The molecule has 148 valence electrons. The van der Waals surface area contributed by atoms with Gasteiger partial charge >= 0.3 is 0 Å². The maximum atomic E-state index is 14.5. The van der Waals surface area contributed by atoms with Gasteiger partial charge in [0.25, 0.3) is 5.56 Å². The molecule has 0 aliphatic carbocycles. The van der Waals surface area contributed by atoms with Crippen LogP contribution in [-0.4, -0.2) is 24.5 Å². The number of nitrogens with one attached hydrogen (secondary N) is 2. The van der Waals surface area contributed by atoms with E-state index < -0.39 is 11.4 Å². The number of benzene rings is 2. The number of pyridine rings is 1. The van der Waals surface area contributed by atoms with E-state index in [9.17, 15) is 9.18 Å². The highest BCUT2D eigenvalue weighted by atomic mass is 19.1. The summed E-state index contributed by atoms with van der Waals surface area (Å²) in [5, 5.41) is 3.93. The highest BCUT2D eigenvalue weighted by Crippen LogP contribution is 2.26. The van der Waals surface area contributed by atoms with E-state index in [0.717, 1.165) is 0 Å². The van der Waals surface area contributed by atoms with E-state index in [1.165, 1.54) is 17.0 Å². The minimum absolute atomic E-state index is 0.0639. The van der Waals surface area contributed by atoms with E-state index in [4.69, 9.17) is 0 Å². The third-order valence-electron chi connectivity index (χ3n) is 5.05. The minimum atomic E-state index is -0.539. The Hall–Kier alpha value is -4.07. The monoisotopic (exact) mass is 400 g/mol. The van der Waals surface area contributed by atoms with Crippen molar-refractivity contribution in [2.24, 2.45) is 0 Å². The number of rotatable bonds is 4. The van der Waals surface area contributed by atoms with Gasteiger partial charge < -0.3 is 10.3 Å². The zero-order chi connectivity index (χ0) is 20.7. The van der Waals surface area contributed by atoms with E-state index in [1.54, 1.807) is 18.5 Å². The standard InChI is InChI=1S/C22H17FN6O/c1-13(28-21-19-20(25-11-24-19)26-12-27-21)17-10-14-6-5-9-16(23)18(14)22(30)29(17)15-7-3-2-4-8-15/h2-13H,1H3,(H2,24,25,26,27,28)/t13-/m1/s1. The van der Waals surface area contributed by atoms with E-state index in [-0.39, 0.29) is 11.4 Å². The lowest BCUT2D eigenvalue weighted by atomic mass is 10.1. The molecule has 0 saturated carbocycles. The third kappa shape index (κ3) is 2.89. The van der Waals surface area contributed by atoms with Gasteiger partial charge in [-0.05, 0) is 36.6 Å². The molecule has 1 atom stereocenters. The minimum Gasteiger partial charge on any atom is -0.360 e. The lowest BCUT2D eigenvalue weighted by Crippen LogP contribution is -2.26. The summed E-state index contributed by atoms with van der Waals surface area (Å²) in [5.41, 5.74) is 2.13. The normalized spacial score (nSPS) is 12.3. The van der Waals surface area contributed by atoms with Crippen LogP contribution in [0.1, 0.15) is 18.7 Å². The number of aromatic nitrogens is 5. The van der Waals surface area contributed by atoms with Gasteiger partial charge in [-0.25, -0.2) is 19.3 Å². The number of para-hydroxylation sites is 1. The summed E-state index contributed by atoms with van der Waals surface area (Å²) in [6.07, 6.45) is 2.99. The van der Waals surface area contributed by atoms with Crippen LogP contribution in [0.2, 0.25) is 0 Å². The van der Waals surface area contributed by atoms with E-state index >= 15 is 0 Å². The largest absolute Gasteiger partial charge is 0.360 e. The molecule has 2 aromatic carbocycles. The molecule has 0 unspecified atom stereocenters. The fraction of sp³-hybridized carbons (Fsp3) is 0.0909. The Balaban J connectivity index is 1.71. The van der Waals surface area contributed by atoms with Crippen LogP contribution < -0.4 is 10.9 Å². The van der Waals surface area contributed by atoms with Crippen molar-refractivity contribution in [1.82, 2.24) is 24.5 Å². The first-order chi connectivity index (χ1) is 14.6. The van der Waals surface area contributed by atoms with Crippen LogP contribution in [0.15, 0.2) is 72.0 Å². The fourth-order valence-electron chi connectivity index (χ4n) is 3.65. The van der Waals surface area contributed by atoms with Gasteiger partial charge in [-0.2, -0.15) is 0 Å². The van der Waals surface area contributed by atoms with Crippen LogP contribution in [0, 0.1) is 5.82 Å². The Kier molecular flexibility index (Phi) is 4.24. The molecule has 8 heteroatoms. The van der Waals surface area contributed by atoms with Crippen LogP contribution >= 0.6 is 0 Å². The number of fused-ring (bicyclic) bond motifs is 2. The van der Waals surface area contributed by atoms with E-state index in [0.29, 0.717) is 33.7 Å². The van der Waals surface area contributed by atoms with Crippen molar-refractivity contribution in [2.75, 3.05) is 5.32 Å². The zero-order valence-electron chi connectivity index (χ0n) is 16.0. The Bertz CT molecular complexity index is 1430. The van der Waals surface area contributed by atoms with Crippen molar-refractivity contribution >= 4 is 27.8 Å². The van der Waals surface area contributed by atoms with Gasteiger partial charge in [0.15, 0.2) is 11.5 Å². The molecular formula is C22H17FN6O. The number of hydrogen-bond acceptors (Lipinski definition) is 5. The molecule has 0 spiro atoms. The summed E-state index contributed by atoms with van der Waals surface area (Å²) in [6, 6.07) is 15.3. The molecule has 3 aromatic heterocycles. The first-order valence-corrected chi connectivity index (χ1v) is 9.43. The van der Waals surface area contributed by atoms with Gasteiger partial charge in [0.2, 0.25) is 0 Å². The number of hydrogen-bond donors (Lipinski definition) is 2. The Labute approximate surface area is 170 Å². The van der Waals surface area contributed by atoms with Gasteiger partial charge in [-0.1, -0.05) is 30.3 Å². The van der Waals surface area contributed by atoms with Gasteiger partial charge in [0.1, 0.15) is 17.7 Å². The molecule has 0 aliphatic rings. The lowest BCUT2D eigenvalue weighted by molar-refractivity contribution is 0.637. The molecule has 5 aromatic rings. The quantitative estimate of drug-likeness (QED) is 0.477. The van der Waals surface area contributed by atoms with Gasteiger partial charge in [-0.3, -0.25) is 9.36 Å². The SMILES string of the molecule is C[C@@H](Nc1ncnc2[nH]cnc12)c1cc2cccc(F)c2c(=O)n1-c1ccccc1. The van der Waals surface area contributed by atoms with Crippen LogP contribution in [0.5, 0.6) is 0 Å². The highest BCUT2D eigenvalue weighted by Gasteiger charge is 2.19. The molecule has 30 heavy (non-hydrogen) atoms. The summed E-state index contributed by atoms with van der Waals surface area (Å²) >= 11 is 0. The molecule has 0 aliphatic heterocycles. The van der Waals surface area contributed by atoms with E-state index in [1.807, 2.05) is 43.3 Å². The Morgan fingerprint density at radius 2 is 1.90 bits per heavy atom. The molecule has 0 bridgehead atoms. The van der Waals surface area contributed by atoms with Crippen LogP contribution in [0.4, 0.5) is 10.2 Å². The zero-order valence-corrected chi connectivity index (χ0v) is 16.0. The van der Waals surface area contributed by atoms with E-state index in [2.05, 4.69) is 25.3 Å². The second kappa shape index (κ2) is 7.07. The van der Waals surface area contributed by atoms with Crippen LogP contribution in [-0.2, 0) is 0 Å². The molecule has 0 saturated heterocycles. The van der Waals surface area contributed by atoms with Crippen molar-refractivity contribution < 1.29 is 4.39 Å². The average molecular weight is 400 g/mol. The second-order valence-corrected chi connectivity index (χ2v) is 6.94. The van der Waals surface area contributed by atoms with Crippen molar-refractivity contribution in [2.45, 2.75) is 13.0 Å². The number of halogens is 1. The van der Waals surface area contributed by atoms with Crippen LogP contribution in [0.3, 0.4) is 0 Å². The smallest absolute Gasteiger partial charge is 0.266 e. The van der Waals surface area contributed by atoms with Gasteiger partial charge in [0.05, 0.1) is 17.8 Å².